The van der Waals surface area contributed by atoms with Gasteiger partial charge >= 0.3 is 6.15 Å². The molecule has 0 aromatic heterocycles. The molecule has 3 aromatic rings. The van der Waals surface area contributed by atoms with Gasteiger partial charge in [0.2, 0.25) is 5.91 Å². The number of ketones is 1. The standard InChI is InChI=1S/C30H30F2N2O3.CO2/c31-24-13-9-21(10-14-24)5-4-8-28(35)26-19-34(30(37)23-6-2-1-3-7-23)20-27(26)29(36)33-18-17-22-11-15-25(32)16-12-22;2-1-3/h1-3,6-7,9-16,26-27H,4-5,8,17-20H2,(H,33,36);/t26-,27-;/m1./s1. The molecule has 2 amide bonds. The fraction of sp³-hybridized carbons (Fsp3) is 0.290. The number of Topliss-reactive ketones (excluding diaryl/α,β-unsaturated/α-hetero) is 1. The molecule has 1 aliphatic rings. The van der Waals surface area contributed by atoms with Gasteiger partial charge in [0.25, 0.3) is 5.91 Å². The lowest BCUT2D eigenvalue weighted by Crippen LogP contribution is -2.38. The minimum atomic E-state index is -0.640. The number of benzene rings is 3. The number of carbonyl (C=O) groups excluding carboxylic acids is 5. The summed E-state index contributed by atoms with van der Waals surface area (Å²) in [4.78, 5) is 57.3. The summed E-state index contributed by atoms with van der Waals surface area (Å²) >= 11 is 0. The van der Waals surface area contributed by atoms with Gasteiger partial charge < -0.3 is 10.2 Å². The van der Waals surface area contributed by atoms with E-state index >= 15 is 0 Å². The van der Waals surface area contributed by atoms with Gasteiger partial charge in [-0.15, -0.1) is 0 Å². The van der Waals surface area contributed by atoms with Gasteiger partial charge in [0, 0.05) is 37.5 Å². The van der Waals surface area contributed by atoms with Crippen LogP contribution in [0.15, 0.2) is 78.9 Å². The smallest absolute Gasteiger partial charge is 0.355 e. The first kappa shape index (κ1) is 30.1. The Hall–Kier alpha value is -4.49. The van der Waals surface area contributed by atoms with Gasteiger partial charge in [-0.05, 0) is 66.8 Å². The first-order valence-electron chi connectivity index (χ1n) is 12.9. The number of hydrogen-bond acceptors (Lipinski definition) is 5. The molecule has 1 aliphatic heterocycles. The Morgan fingerprint density at radius 1 is 0.775 bits per heavy atom. The van der Waals surface area contributed by atoms with Crippen LogP contribution in [0.4, 0.5) is 8.78 Å². The van der Waals surface area contributed by atoms with E-state index in [1.165, 1.54) is 24.3 Å². The maximum Gasteiger partial charge on any atom is 0.373 e. The number of halogens is 2. The molecule has 4 rings (SSSR count). The van der Waals surface area contributed by atoms with E-state index in [0.29, 0.717) is 31.4 Å². The van der Waals surface area contributed by atoms with E-state index in [0.717, 1.165) is 11.1 Å². The fourth-order valence-electron chi connectivity index (χ4n) is 4.74. The summed E-state index contributed by atoms with van der Waals surface area (Å²) in [6, 6.07) is 21.1. The van der Waals surface area contributed by atoms with Crippen molar-refractivity contribution in [3.8, 4) is 0 Å². The highest BCUT2D eigenvalue weighted by Crippen LogP contribution is 2.28. The third kappa shape index (κ3) is 8.78. The van der Waals surface area contributed by atoms with Gasteiger partial charge in [0.15, 0.2) is 0 Å². The van der Waals surface area contributed by atoms with Crippen molar-refractivity contribution < 1.29 is 32.8 Å². The Kier molecular flexibility index (Phi) is 11.4. The minimum Gasteiger partial charge on any atom is -0.355 e. The quantitative estimate of drug-likeness (QED) is 0.413. The molecule has 0 unspecified atom stereocenters. The first-order chi connectivity index (χ1) is 19.3. The molecule has 0 radical (unpaired) electrons. The van der Waals surface area contributed by atoms with E-state index in [1.807, 2.05) is 6.07 Å². The van der Waals surface area contributed by atoms with Crippen molar-refractivity contribution in [3.05, 3.63) is 107 Å². The van der Waals surface area contributed by atoms with Crippen LogP contribution in [0.5, 0.6) is 0 Å². The van der Waals surface area contributed by atoms with E-state index in [2.05, 4.69) is 5.32 Å². The molecule has 40 heavy (non-hydrogen) atoms. The normalized spacial score (nSPS) is 15.9. The lowest BCUT2D eigenvalue weighted by molar-refractivity contribution is -0.191. The predicted octanol–water partition coefficient (Wildman–Crippen LogP) is 4.02. The first-order valence-corrected chi connectivity index (χ1v) is 12.9. The maximum atomic E-state index is 13.2. The number of rotatable bonds is 10. The second-order valence-electron chi connectivity index (χ2n) is 9.49. The number of nitrogens with one attached hydrogen (secondary N) is 1. The van der Waals surface area contributed by atoms with Crippen molar-refractivity contribution in [1.29, 1.82) is 0 Å². The van der Waals surface area contributed by atoms with Crippen LogP contribution in [0.3, 0.4) is 0 Å². The molecule has 0 spiro atoms. The topological polar surface area (TPSA) is 101 Å². The summed E-state index contributed by atoms with van der Waals surface area (Å²) in [6.45, 7) is 0.711. The molecule has 2 atom stereocenters. The van der Waals surface area contributed by atoms with Crippen LogP contribution in [-0.2, 0) is 32.0 Å². The van der Waals surface area contributed by atoms with Crippen molar-refractivity contribution in [1.82, 2.24) is 10.2 Å². The average Bonchev–Trinajstić information content (AvgIpc) is 3.41. The van der Waals surface area contributed by atoms with Crippen LogP contribution in [0, 0.1) is 23.5 Å². The average molecular weight is 549 g/mol. The predicted molar refractivity (Wildman–Crippen MR) is 142 cm³/mol. The number of nitrogens with zero attached hydrogens (tertiary/aromatic N) is 1. The van der Waals surface area contributed by atoms with Crippen molar-refractivity contribution in [2.45, 2.75) is 25.7 Å². The highest BCUT2D eigenvalue weighted by Gasteiger charge is 2.42. The van der Waals surface area contributed by atoms with Crippen LogP contribution < -0.4 is 5.32 Å². The summed E-state index contributed by atoms with van der Waals surface area (Å²) in [7, 11) is 0. The Morgan fingerprint density at radius 3 is 1.88 bits per heavy atom. The Morgan fingerprint density at radius 2 is 1.30 bits per heavy atom. The van der Waals surface area contributed by atoms with Crippen LogP contribution in [-0.4, -0.2) is 48.3 Å². The third-order valence-corrected chi connectivity index (χ3v) is 6.81. The minimum absolute atomic E-state index is 0.0517. The van der Waals surface area contributed by atoms with Crippen LogP contribution in [0.25, 0.3) is 0 Å². The monoisotopic (exact) mass is 548 g/mol. The van der Waals surface area contributed by atoms with Gasteiger partial charge in [-0.2, -0.15) is 9.59 Å². The number of carbonyl (C=O) groups is 3. The zero-order valence-electron chi connectivity index (χ0n) is 21.9. The second kappa shape index (κ2) is 15.2. The molecule has 208 valence electrons. The Labute approximate surface area is 231 Å². The lowest BCUT2D eigenvalue weighted by atomic mass is 9.88. The Balaban J connectivity index is 0.00000141. The molecule has 9 heteroatoms. The van der Waals surface area contributed by atoms with E-state index in [-0.39, 0.29) is 54.9 Å². The molecule has 3 aromatic carbocycles. The largest absolute Gasteiger partial charge is 0.373 e. The molecule has 1 fully saturated rings. The van der Waals surface area contributed by atoms with Gasteiger partial charge in [0.1, 0.15) is 17.4 Å². The summed E-state index contributed by atoms with van der Waals surface area (Å²) in [5, 5.41) is 2.90. The summed E-state index contributed by atoms with van der Waals surface area (Å²) in [5.74, 6) is -2.37. The van der Waals surface area contributed by atoms with Crippen LogP contribution in [0.2, 0.25) is 0 Å². The van der Waals surface area contributed by atoms with Crippen LogP contribution >= 0.6 is 0 Å². The zero-order valence-corrected chi connectivity index (χ0v) is 21.9. The molecule has 0 saturated carbocycles. The number of hydrogen-bond donors (Lipinski definition) is 1. The molecular formula is C31H30F2N2O5. The molecule has 1 N–H and O–H groups in total. The maximum absolute atomic E-state index is 13.2. The second-order valence-corrected chi connectivity index (χ2v) is 9.49. The number of likely N-dealkylation sites (tertiary alicyclic amines) is 1. The van der Waals surface area contributed by atoms with E-state index in [9.17, 15) is 23.2 Å². The van der Waals surface area contributed by atoms with E-state index in [4.69, 9.17) is 9.59 Å². The SMILES string of the molecule is O=C(CCCc1ccc(F)cc1)[C@@H]1CN(C(=O)c2ccccc2)C[C@H]1C(=O)NCCc1ccc(F)cc1.O=C=O. The fourth-order valence-corrected chi connectivity index (χ4v) is 4.74. The summed E-state index contributed by atoms with van der Waals surface area (Å²) < 4.78 is 26.3. The summed E-state index contributed by atoms with van der Waals surface area (Å²) in [5.41, 5.74) is 2.35. The highest BCUT2D eigenvalue weighted by atomic mass is 19.1. The molecule has 1 heterocycles. The molecule has 7 nitrogen and oxygen atoms in total. The van der Waals surface area contributed by atoms with Gasteiger partial charge in [-0.1, -0.05) is 42.5 Å². The third-order valence-electron chi connectivity index (χ3n) is 6.81. The zero-order chi connectivity index (χ0) is 28.9. The van der Waals surface area contributed by atoms with Crippen molar-refractivity contribution in [3.63, 3.8) is 0 Å². The van der Waals surface area contributed by atoms with Gasteiger partial charge in [-0.3, -0.25) is 14.4 Å². The van der Waals surface area contributed by atoms with E-state index in [1.54, 1.807) is 53.4 Å². The molecular weight excluding hydrogens is 518 g/mol. The number of aryl methyl sites for hydroxylation is 1. The molecule has 1 saturated heterocycles. The van der Waals surface area contributed by atoms with E-state index < -0.39 is 11.8 Å². The number of amides is 2. The highest BCUT2D eigenvalue weighted by molar-refractivity contribution is 5.97. The Bertz CT molecular complexity index is 1240. The van der Waals surface area contributed by atoms with Crippen molar-refractivity contribution >= 4 is 23.7 Å². The van der Waals surface area contributed by atoms with Crippen LogP contribution in [0.1, 0.15) is 34.3 Å². The van der Waals surface area contributed by atoms with Crippen molar-refractivity contribution in [2.75, 3.05) is 19.6 Å². The molecule has 0 bridgehead atoms. The molecule has 0 aliphatic carbocycles. The van der Waals surface area contributed by atoms with Gasteiger partial charge in [-0.25, -0.2) is 8.78 Å². The summed E-state index contributed by atoms with van der Waals surface area (Å²) in [6.07, 6.45) is 2.25. The lowest BCUT2D eigenvalue weighted by Gasteiger charge is -2.17. The van der Waals surface area contributed by atoms with Gasteiger partial charge in [0.05, 0.1) is 5.92 Å². The van der Waals surface area contributed by atoms with Crippen molar-refractivity contribution in [2.24, 2.45) is 11.8 Å².